The average molecular weight is 201 g/mol. The van der Waals surface area contributed by atoms with Crippen LogP contribution in [0.5, 0.6) is 0 Å². The van der Waals surface area contributed by atoms with Gasteiger partial charge in [-0.3, -0.25) is 4.55 Å². The minimum absolute atomic E-state index is 1.79. The van der Waals surface area contributed by atoms with Crippen molar-refractivity contribution < 1.29 is 13.0 Å². The van der Waals surface area contributed by atoms with E-state index < -0.39 is 10.3 Å². The van der Waals surface area contributed by atoms with Crippen LogP contribution < -0.4 is 0 Å². The second kappa shape index (κ2) is 6.01. The van der Waals surface area contributed by atoms with Crippen LogP contribution in [0.15, 0.2) is 40.9 Å². The summed E-state index contributed by atoms with van der Waals surface area (Å²) in [5.74, 6) is 0. The summed E-state index contributed by atoms with van der Waals surface area (Å²) in [4.78, 5) is 1.79. The lowest BCUT2D eigenvalue weighted by Gasteiger charge is -1.71. The Balaban J connectivity index is 0.000000223. The first-order chi connectivity index (χ1) is 6.06. The lowest BCUT2D eigenvalue weighted by Crippen LogP contribution is -1.86. The Morgan fingerprint density at radius 2 is 1.38 bits per heavy atom. The highest BCUT2D eigenvalue weighted by Crippen LogP contribution is 1.80. The second-order valence-corrected chi connectivity index (χ2v) is 2.83. The number of benzene rings is 1. The number of nitrogens with zero attached hydrogens (tertiary/aromatic N) is 3. The van der Waals surface area contributed by atoms with Crippen LogP contribution in [-0.2, 0) is 10.3 Å². The van der Waals surface area contributed by atoms with Crippen LogP contribution >= 0.6 is 0 Å². The molecular formula is C6H7N3O3S. The van der Waals surface area contributed by atoms with Crippen molar-refractivity contribution in [3.05, 3.63) is 46.8 Å². The van der Waals surface area contributed by atoms with Gasteiger partial charge in [0.05, 0.1) is 4.52 Å². The number of rotatable bonds is 1. The molecule has 7 heteroatoms. The summed E-state index contributed by atoms with van der Waals surface area (Å²) in [5, 5.41) is 0. The van der Waals surface area contributed by atoms with Crippen LogP contribution in [0, 0.1) is 0 Å². The fourth-order valence-corrected chi connectivity index (χ4v) is 0.523. The SMILES string of the molecule is [N-]=[N+]=NS(=O)(=O)O.c1ccccc1. The van der Waals surface area contributed by atoms with Gasteiger partial charge in [-0.2, -0.15) is 8.42 Å². The molecule has 70 valence electrons. The van der Waals surface area contributed by atoms with Crippen LogP contribution in [0.2, 0.25) is 0 Å². The molecule has 1 aromatic rings. The van der Waals surface area contributed by atoms with Gasteiger partial charge in [-0.15, -0.1) is 0 Å². The van der Waals surface area contributed by atoms with Gasteiger partial charge in [-0.05, 0) is 5.53 Å². The predicted molar refractivity (Wildman–Crippen MR) is 47.1 cm³/mol. The number of hydrogen-bond donors (Lipinski definition) is 1. The standard InChI is InChI=1S/C6H6.HN3O3S/c1-2-4-6-5-3-1;1-2-3-7(4,5)6/h1-6H;(H,4,5,6). The van der Waals surface area contributed by atoms with Crippen molar-refractivity contribution >= 4 is 10.3 Å². The van der Waals surface area contributed by atoms with E-state index >= 15 is 0 Å². The molecule has 0 saturated carbocycles. The molecule has 0 aromatic heterocycles. The van der Waals surface area contributed by atoms with Gasteiger partial charge in [0.25, 0.3) is 0 Å². The minimum atomic E-state index is -4.47. The summed E-state index contributed by atoms with van der Waals surface area (Å²) in [7, 11) is -4.47. The maximum absolute atomic E-state index is 9.37. The summed E-state index contributed by atoms with van der Waals surface area (Å²) in [6.45, 7) is 0. The summed E-state index contributed by atoms with van der Waals surface area (Å²) in [6.07, 6.45) is 0. The molecule has 0 amide bonds. The van der Waals surface area contributed by atoms with Gasteiger partial charge >= 0.3 is 10.3 Å². The summed E-state index contributed by atoms with van der Waals surface area (Å²) >= 11 is 0. The van der Waals surface area contributed by atoms with Crippen molar-refractivity contribution in [2.24, 2.45) is 4.52 Å². The molecule has 0 saturated heterocycles. The molecule has 13 heavy (non-hydrogen) atoms. The van der Waals surface area contributed by atoms with Gasteiger partial charge in [0.15, 0.2) is 0 Å². The molecule has 0 radical (unpaired) electrons. The molecule has 0 aliphatic carbocycles. The first-order valence-corrected chi connectivity index (χ1v) is 4.50. The molecule has 0 heterocycles. The molecule has 0 unspecified atom stereocenters. The maximum Gasteiger partial charge on any atom is 0.356 e. The molecule has 1 rings (SSSR count). The second-order valence-electron chi connectivity index (χ2n) is 1.77. The Bertz CT molecular complexity index is 343. The molecule has 1 N–H and O–H groups in total. The normalized spacial score (nSPS) is 9.00. The maximum atomic E-state index is 9.37. The van der Waals surface area contributed by atoms with Gasteiger partial charge < -0.3 is 0 Å². The third-order valence-corrected chi connectivity index (χ3v) is 1.09. The van der Waals surface area contributed by atoms with Crippen LogP contribution in [0.1, 0.15) is 0 Å². The highest BCUT2D eigenvalue weighted by Gasteiger charge is 1.93. The predicted octanol–water partition coefficient (Wildman–Crippen LogP) is 1.79. The lowest BCUT2D eigenvalue weighted by molar-refractivity contribution is 0.484. The fourth-order valence-electron chi connectivity index (χ4n) is 0.431. The molecule has 0 bridgehead atoms. The van der Waals surface area contributed by atoms with Crippen LogP contribution in [0.4, 0.5) is 0 Å². The fraction of sp³-hybridized carbons (Fsp3) is 0. The van der Waals surface area contributed by atoms with Crippen molar-refractivity contribution in [3.8, 4) is 0 Å². The largest absolute Gasteiger partial charge is 0.356 e. The average Bonchev–Trinajstić information content (AvgIpc) is 2.06. The minimum Gasteiger partial charge on any atom is -0.279 e. The monoisotopic (exact) mass is 201 g/mol. The van der Waals surface area contributed by atoms with Gasteiger partial charge in [-0.25, -0.2) is 0 Å². The Labute approximate surface area is 75.3 Å². The van der Waals surface area contributed by atoms with Crippen molar-refractivity contribution in [2.75, 3.05) is 0 Å². The highest BCUT2D eigenvalue weighted by molar-refractivity contribution is 7.84. The first-order valence-electron chi connectivity index (χ1n) is 3.10. The van der Waals surface area contributed by atoms with Gasteiger partial charge in [0.2, 0.25) is 0 Å². The zero-order chi connectivity index (χ0) is 10.2. The smallest absolute Gasteiger partial charge is 0.279 e. The highest BCUT2D eigenvalue weighted by atomic mass is 32.2. The third kappa shape index (κ3) is 10.4. The molecule has 6 nitrogen and oxygen atoms in total. The third-order valence-electron chi connectivity index (χ3n) is 0.806. The number of azide groups is 1. The first kappa shape index (κ1) is 11.4. The quantitative estimate of drug-likeness (QED) is 0.324. The van der Waals surface area contributed by atoms with Crippen molar-refractivity contribution in [3.63, 3.8) is 0 Å². The van der Waals surface area contributed by atoms with E-state index in [1.807, 2.05) is 40.9 Å². The molecule has 0 atom stereocenters. The van der Waals surface area contributed by atoms with E-state index in [0.717, 1.165) is 0 Å². The van der Waals surface area contributed by atoms with Crippen molar-refractivity contribution in [2.45, 2.75) is 0 Å². The molecule has 0 fully saturated rings. The molecule has 1 aromatic carbocycles. The molecule has 0 spiro atoms. The summed E-state index contributed by atoms with van der Waals surface area (Å²) < 4.78 is 28.3. The van der Waals surface area contributed by atoms with Crippen LogP contribution in [0.3, 0.4) is 0 Å². The Morgan fingerprint density at radius 3 is 1.46 bits per heavy atom. The zero-order valence-electron chi connectivity index (χ0n) is 6.48. The van der Waals surface area contributed by atoms with Crippen molar-refractivity contribution in [1.82, 2.24) is 0 Å². The lowest BCUT2D eigenvalue weighted by atomic mass is 10.4. The topological polar surface area (TPSA) is 103 Å². The number of hydrogen-bond acceptors (Lipinski definition) is 2. The van der Waals surface area contributed by atoms with E-state index in [9.17, 15) is 8.42 Å². The van der Waals surface area contributed by atoms with E-state index in [-0.39, 0.29) is 0 Å². The van der Waals surface area contributed by atoms with Gasteiger partial charge in [0, 0.05) is 4.91 Å². The molecule has 0 aliphatic heterocycles. The molecule has 0 aliphatic rings. The van der Waals surface area contributed by atoms with Crippen molar-refractivity contribution in [1.29, 1.82) is 0 Å². The zero-order valence-corrected chi connectivity index (χ0v) is 7.29. The molecular weight excluding hydrogens is 194 g/mol. The van der Waals surface area contributed by atoms with Gasteiger partial charge in [-0.1, -0.05) is 36.4 Å². The Kier molecular flexibility index (Phi) is 5.29. The van der Waals surface area contributed by atoms with Gasteiger partial charge in [0.1, 0.15) is 0 Å². The van der Waals surface area contributed by atoms with E-state index in [0.29, 0.717) is 0 Å². The summed E-state index contributed by atoms with van der Waals surface area (Å²) in [6, 6.07) is 12.0. The van der Waals surface area contributed by atoms with Crippen LogP contribution in [-0.4, -0.2) is 13.0 Å². The Hall–Kier alpha value is -1.56. The van der Waals surface area contributed by atoms with E-state index in [1.165, 1.54) is 0 Å². The van der Waals surface area contributed by atoms with Crippen LogP contribution in [0.25, 0.3) is 10.4 Å². The Morgan fingerprint density at radius 1 is 1.08 bits per heavy atom. The van der Waals surface area contributed by atoms with E-state index in [2.05, 4.69) is 0 Å². The van der Waals surface area contributed by atoms with E-state index in [1.54, 1.807) is 4.91 Å². The van der Waals surface area contributed by atoms with E-state index in [4.69, 9.17) is 10.1 Å². The summed E-state index contributed by atoms with van der Waals surface area (Å²) in [5.41, 5.74) is 7.32.